The molecular weight excluding hydrogens is 794 g/mol. The Labute approximate surface area is 406 Å². The van der Waals surface area contributed by atoms with Gasteiger partial charge in [-0.15, -0.1) is 0 Å². The van der Waals surface area contributed by atoms with Crippen molar-refractivity contribution >= 4 is 0 Å². The SMILES string of the molecule is C.CC(C)CC(C)C.CC(C)CC(C)C(C)(C)C.CC(C)CC(C)C(C)C.CC(C)N(C)C(C)C.CC(C)NC(c1ccccc1)C(F)(F)F.CCC(C)CC(C)C.CCCC(C)C. The van der Waals surface area contributed by atoms with Crippen LogP contribution < -0.4 is 5.32 Å². The normalized spacial score (nSPS) is 13.4. The molecule has 64 heavy (non-hydrogen) atoms. The highest BCUT2D eigenvalue weighted by atomic mass is 19.4. The lowest BCUT2D eigenvalue weighted by Gasteiger charge is -2.28. The van der Waals surface area contributed by atoms with E-state index >= 15 is 0 Å². The van der Waals surface area contributed by atoms with Gasteiger partial charge in [0, 0.05) is 18.1 Å². The van der Waals surface area contributed by atoms with Gasteiger partial charge in [-0.25, -0.2) is 0 Å². The highest BCUT2D eigenvalue weighted by molar-refractivity contribution is 5.20. The highest BCUT2D eigenvalue weighted by Gasteiger charge is 2.40. The van der Waals surface area contributed by atoms with E-state index in [1.54, 1.807) is 32.0 Å². The molecule has 0 aliphatic carbocycles. The molecule has 5 heteroatoms. The standard InChI is InChI=1S/C11H14F3N.C10H22.C9H20.C8H18.C7H17N.C7H16.C6H14.CH4/c1-8(2)15-10(11(12,13)14)9-6-4-3-5-7-9;1-8(2)7-9(3)10(4,5)6;1-7(2)6-9(5)8(3)4;1-5-8(4)6-7(2)3;1-6(2)8(5)7(3)4;1-6(2)5-7(3)4;1-4-5-6(2)3;/h3-8,10,15H,1-2H3;8-9H,7H2,1-6H3;7-9H,6H2,1-5H3;7-8H,5-6H2,1-4H3;6-7H,1-5H3;6-7H,5H2,1-4H3;6H,4-5H2,1-3H3;1H4. The molecular formula is C59H125F3N2. The molecule has 392 valence electrons. The quantitative estimate of drug-likeness (QED) is 0.167. The molecule has 0 saturated carbocycles. The summed E-state index contributed by atoms with van der Waals surface area (Å²) in [7, 11) is 2.15. The van der Waals surface area contributed by atoms with Gasteiger partial charge in [0.1, 0.15) is 6.04 Å². The lowest BCUT2D eigenvalue weighted by molar-refractivity contribution is -0.159. The van der Waals surface area contributed by atoms with E-state index in [0.29, 0.717) is 17.5 Å². The second-order valence-corrected chi connectivity index (χ2v) is 23.7. The van der Waals surface area contributed by atoms with Gasteiger partial charge in [-0.2, -0.15) is 13.2 Å². The smallest absolute Gasteiger partial charge is 0.302 e. The summed E-state index contributed by atoms with van der Waals surface area (Å²) in [6.45, 7) is 62.6. The van der Waals surface area contributed by atoms with Gasteiger partial charge in [0.15, 0.2) is 0 Å². The summed E-state index contributed by atoms with van der Waals surface area (Å²) >= 11 is 0. The summed E-state index contributed by atoms with van der Waals surface area (Å²) in [6.07, 6.45) is 5.25. The van der Waals surface area contributed by atoms with Crippen LogP contribution in [-0.4, -0.2) is 36.2 Å². The lowest BCUT2D eigenvalue weighted by Crippen LogP contribution is -2.38. The number of nitrogens with one attached hydrogen (secondary N) is 1. The number of halogens is 3. The molecule has 0 saturated heterocycles. The van der Waals surface area contributed by atoms with E-state index in [0.717, 1.165) is 59.2 Å². The molecule has 0 aliphatic heterocycles. The van der Waals surface area contributed by atoms with Crippen LogP contribution in [-0.2, 0) is 0 Å². The minimum Gasteiger partial charge on any atom is -0.302 e. The Balaban J connectivity index is -0.000000121. The first kappa shape index (κ1) is 77.2. The van der Waals surface area contributed by atoms with Gasteiger partial charge in [0.25, 0.3) is 0 Å². The first-order valence-electron chi connectivity index (χ1n) is 26.0. The van der Waals surface area contributed by atoms with Crippen molar-refractivity contribution in [2.45, 2.75) is 277 Å². The Morgan fingerprint density at radius 2 is 0.906 bits per heavy atom. The average Bonchev–Trinajstić information content (AvgIpc) is 3.09. The molecule has 4 unspecified atom stereocenters. The fourth-order valence-electron chi connectivity index (χ4n) is 6.52. The predicted octanol–water partition coefficient (Wildman–Crippen LogP) is 20.9. The van der Waals surface area contributed by atoms with Gasteiger partial charge in [0.05, 0.1) is 0 Å². The second kappa shape index (κ2) is 44.4. The van der Waals surface area contributed by atoms with E-state index in [-0.39, 0.29) is 19.0 Å². The second-order valence-electron chi connectivity index (χ2n) is 23.7. The number of benzene rings is 1. The minimum atomic E-state index is -4.26. The van der Waals surface area contributed by atoms with Crippen molar-refractivity contribution in [3.63, 3.8) is 0 Å². The van der Waals surface area contributed by atoms with Crippen LogP contribution in [0.5, 0.6) is 0 Å². The molecule has 0 aliphatic rings. The summed E-state index contributed by atoms with van der Waals surface area (Å²) in [6, 6.07) is 7.43. The van der Waals surface area contributed by atoms with Gasteiger partial charge in [-0.3, -0.25) is 0 Å². The van der Waals surface area contributed by atoms with Gasteiger partial charge >= 0.3 is 6.18 Å². The lowest BCUT2D eigenvalue weighted by atomic mass is 9.78. The third kappa shape index (κ3) is 60.9. The molecule has 1 aromatic rings. The van der Waals surface area contributed by atoms with E-state index in [1.165, 1.54) is 57.1 Å². The van der Waals surface area contributed by atoms with Crippen molar-refractivity contribution in [2.24, 2.45) is 64.6 Å². The van der Waals surface area contributed by atoms with Gasteiger partial charge in [-0.05, 0) is 131 Å². The van der Waals surface area contributed by atoms with Crippen LogP contribution in [0.15, 0.2) is 30.3 Å². The molecule has 0 aromatic heterocycles. The van der Waals surface area contributed by atoms with E-state index < -0.39 is 12.2 Å². The maximum absolute atomic E-state index is 12.7. The zero-order valence-electron chi connectivity index (χ0n) is 48.5. The number of rotatable bonds is 17. The molecule has 1 rings (SSSR count). The number of alkyl halides is 3. The van der Waals surface area contributed by atoms with Crippen LogP contribution in [0.25, 0.3) is 0 Å². The maximum Gasteiger partial charge on any atom is 0.407 e. The third-order valence-corrected chi connectivity index (χ3v) is 11.3. The van der Waals surface area contributed by atoms with Crippen LogP contribution in [0.2, 0.25) is 0 Å². The van der Waals surface area contributed by atoms with Gasteiger partial charge in [0.2, 0.25) is 0 Å². The first-order valence-corrected chi connectivity index (χ1v) is 26.0. The molecule has 4 atom stereocenters. The monoisotopic (exact) mass is 919 g/mol. The van der Waals surface area contributed by atoms with Crippen molar-refractivity contribution in [3.8, 4) is 0 Å². The van der Waals surface area contributed by atoms with Crippen LogP contribution in [0, 0.1) is 64.6 Å². The topological polar surface area (TPSA) is 15.3 Å². The Kier molecular flexibility index (Phi) is 53.6. The Morgan fingerprint density at radius 1 is 0.531 bits per heavy atom. The van der Waals surface area contributed by atoms with E-state index in [9.17, 15) is 13.2 Å². The third-order valence-electron chi connectivity index (χ3n) is 11.3. The number of hydrogen-bond donors (Lipinski definition) is 1. The fourth-order valence-corrected chi connectivity index (χ4v) is 6.52. The Hall–Kier alpha value is -1.07. The van der Waals surface area contributed by atoms with Crippen molar-refractivity contribution in [2.75, 3.05) is 7.05 Å². The van der Waals surface area contributed by atoms with Crippen LogP contribution >= 0.6 is 0 Å². The highest BCUT2D eigenvalue weighted by Crippen LogP contribution is 2.33. The molecule has 0 radical (unpaired) electrons. The van der Waals surface area contributed by atoms with Crippen molar-refractivity contribution in [1.29, 1.82) is 0 Å². The number of hydrogen-bond acceptors (Lipinski definition) is 2. The van der Waals surface area contributed by atoms with Crippen LogP contribution in [0.1, 0.15) is 258 Å². The fraction of sp³-hybridized carbons (Fsp3) is 0.898. The van der Waals surface area contributed by atoms with Gasteiger partial charge in [-0.1, -0.05) is 223 Å². The zero-order chi connectivity index (χ0) is 51.4. The molecule has 2 nitrogen and oxygen atoms in total. The summed E-state index contributed by atoms with van der Waals surface area (Å²) in [4.78, 5) is 2.33. The predicted molar refractivity (Wildman–Crippen MR) is 293 cm³/mol. The first-order chi connectivity index (χ1) is 28.4. The molecule has 0 bridgehead atoms. The van der Waals surface area contributed by atoms with Crippen LogP contribution in [0.3, 0.4) is 0 Å². The van der Waals surface area contributed by atoms with Gasteiger partial charge < -0.3 is 10.2 Å². The van der Waals surface area contributed by atoms with Crippen molar-refractivity contribution < 1.29 is 13.2 Å². The summed E-state index contributed by atoms with van der Waals surface area (Å²) in [5.74, 6) is 8.75. The maximum atomic E-state index is 12.7. The number of nitrogens with zero attached hydrogens (tertiary/aromatic N) is 1. The summed E-state index contributed by atoms with van der Waals surface area (Å²) < 4.78 is 38.1. The molecule has 1 N–H and O–H groups in total. The molecule has 0 amide bonds. The Bertz CT molecular complexity index is 1020. The summed E-state index contributed by atoms with van der Waals surface area (Å²) in [5.41, 5.74) is 0.739. The molecule has 1 aromatic carbocycles. The van der Waals surface area contributed by atoms with E-state index in [4.69, 9.17) is 0 Å². The van der Waals surface area contributed by atoms with E-state index in [1.807, 2.05) is 0 Å². The Morgan fingerprint density at radius 3 is 1.05 bits per heavy atom. The van der Waals surface area contributed by atoms with E-state index in [2.05, 4.69) is 197 Å². The molecule has 0 spiro atoms. The molecule has 0 heterocycles. The average molecular weight is 920 g/mol. The van der Waals surface area contributed by atoms with Crippen molar-refractivity contribution in [1.82, 2.24) is 10.2 Å². The largest absolute Gasteiger partial charge is 0.407 e. The molecule has 0 fully saturated rings. The van der Waals surface area contributed by atoms with Crippen molar-refractivity contribution in [3.05, 3.63) is 35.9 Å². The summed E-state index contributed by atoms with van der Waals surface area (Å²) in [5, 5.41) is 2.51. The zero-order valence-corrected chi connectivity index (χ0v) is 48.5. The van der Waals surface area contributed by atoms with Crippen LogP contribution in [0.4, 0.5) is 13.2 Å². The minimum absolute atomic E-state index is 0.